The number of aliphatic hydroxyl groups is 1. The molecular weight excluding hydrogens is 182 g/mol. The van der Waals surface area contributed by atoms with Gasteiger partial charge in [0.2, 0.25) is 0 Å². The number of nitrogens with one attached hydrogen (secondary N) is 1. The molecule has 2 atom stereocenters. The molecule has 14 heavy (non-hydrogen) atoms. The van der Waals surface area contributed by atoms with Crippen LogP contribution in [0.25, 0.3) is 0 Å². The van der Waals surface area contributed by atoms with Crippen LogP contribution in [0, 0.1) is 0 Å². The van der Waals surface area contributed by atoms with E-state index in [-0.39, 0.29) is 0 Å². The first-order valence-corrected chi connectivity index (χ1v) is 4.66. The van der Waals surface area contributed by atoms with E-state index in [2.05, 4.69) is 15.4 Å². The van der Waals surface area contributed by atoms with E-state index in [4.69, 9.17) is 5.73 Å². The zero-order chi connectivity index (χ0) is 10.2. The minimum Gasteiger partial charge on any atom is -0.386 e. The largest absolute Gasteiger partial charge is 0.386 e. The van der Waals surface area contributed by atoms with Crippen LogP contribution < -0.4 is 11.1 Å². The highest BCUT2D eigenvalue weighted by Gasteiger charge is 2.40. The Kier molecular flexibility index (Phi) is 2.26. The maximum atomic E-state index is 10.2. The molecule has 2 heterocycles. The molecule has 0 spiro atoms. The zero-order valence-corrected chi connectivity index (χ0v) is 8.14. The molecule has 4 N–H and O–H groups in total. The average molecular weight is 197 g/mol. The van der Waals surface area contributed by atoms with Gasteiger partial charge in [-0.2, -0.15) is 5.10 Å². The Bertz CT molecular complexity index is 317. The lowest BCUT2D eigenvalue weighted by Gasteiger charge is -2.27. The van der Waals surface area contributed by atoms with Gasteiger partial charge in [-0.15, -0.1) is 0 Å². The predicted octanol–water partition coefficient (Wildman–Crippen LogP) is -1.46. The Morgan fingerprint density at radius 3 is 3.07 bits per heavy atom. The van der Waals surface area contributed by atoms with Crippen molar-refractivity contribution in [2.75, 3.05) is 13.1 Å². The number of aromatic nitrogens is 3. The highest BCUT2D eigenvalue weighted by atomic mass is 16.3. The molecule has 1 saturated heterocycles. The third-order valence-corrected chi connectivity index (χ3v) is 2.77. The van der Waals surface area contributed by atoms with Crippen molar-refractivity contribution >= 4 is 0 Å². The van der Waals surface area contributed by atoms with E-state index in [0.717, 1.165) is 6.54 Å². The average Bonchev–Trinajstić information content (AvgIpc) is 2.74. The van der Waals surface area contributed by atoms with Gasteiger partial charge in [0.25, 0.3) is 0 Å². The molecule has 2 rings (SSSR count). The molecule has 1 aromatic rings. The van der Waals surface area contributed by atoms with E-state index in [0.29, 0.717) is 18.8 Å². The SMILES string of the molecule is Cn1ncnc1C(N)C1(O)CCNC1. The molecule has 1 aromatic heterocycles. The van der Waals surface area contributed by atoms with Gasteiger partial charge in [0, 0.05) is 13.6 Å². The first-order chi connectivity index (χ1) is 6.63. The molecule has 0 amide bonds. The van der Waals surface area contributed by atoms with Crippen molar-refractivity contribution in [3.8, 4) is 0 Å². The van der Waals surface area contributed by atoms with Crippen LogP contribution in [0.4, 0.5) is 0 Å². The fourth-order valence-corrected chi connectivity index (χ4v) is 1.79. The van der Waals surface area contributed by atoms with Crippen LogP contribution >= 0.6 is 0 Å². The zero-order valence-electron chi connectivity index (χ0n) is 8.14. The maximum absolute atomic E-state index is 10.2. The third-order valence-electron chi connectivity index (χ3n) is 2.77. The number of nitrogens with zero attached hydrogens (tertiary/aromatic N) is 3. The lowest BCUT2D eigenvalue weighted by Crippen LogP contribution is -2.44. The number of β-amino-alcohol motifs (C(OH)–C–C–N with tert-alkyl or cyclic N) is 1. The van der Waals surface area contributed by atoms with Crippen LogP contribution in [-0.2, 0) is 7.05 Å². The van der Waals surface area contributed by atoms with Crippen molar-refractivity contribution in [3.05, 3.63) is 12.2 Å². The molecule has 1 aliphatic heterocycles. The van der Waals surface area contributed by atoms with Crippen molar-refractivity contribution in [3.63, 3.8) is 0 Å². The van der Waals surface area contributed by atoms with Gasteiger partial charge >= 0.3 is 0 Å². The van der Waals surface area contributed by atoms with Crippen molar-refractivity contribution in [2.45, 2.75) is 18.1 Å². The van der Waals surface area contributed by atoms with Gasteiger partial charge in [0.05, 0.1) is 6.04 Å². The summed E-state index contributed by atoms with van der Waals surface area (Å²) in [5.41, 5.74) is 5.08. The summed E-state index contributed by atoms with van der Waals surface area (Å²) < 4.78 is 1.60. The van der Waals surface area contributed by atoms with Gasteiger partial charge in [-0.1, -0.05) is 0 Å². The van der Waals surface area contributed by atoms with Gasteiger partial charge in [-0.05, 0) is 13.0 Å². The molecule has 6 nitrogen and oxygen atoms in total. The number of hydrogen-bond donors (Lipinski definition) is 3. The number of nitrogens with two attached hydrogens (primary N) is 1. The van der Waals surface area contributed by atoms with E-state index in [1.54, 1.807) is 11.7 Å². The van der Waals surface area contributed by atoms with E-state index in [9.17, 15) is 5.11 Å². The van der Waals surface area contributed by atoms with Crippen LogP contribution in [0.1, 0.15) is 18.3 Å². The van der Waals surface area contributed by atoms with Gasteiger partial charge in [0.15, 0.2) is 0 Å². The van der Waals surface area contributed by atoms with Gasteiger partial charge in [-0.25, -0.2) is 4.98 Å². The number of rotatable bonds is 2. The first-order valence-electron chi connectivity index (χ1n) is 4.66. The highest BCUT2D eigenvalue weighted by molar-refractivity contribution is 5.06. The lowest BCUT2D eigenvalue weighted by atomic mass is 9.93. The summed E-state index contributed by atoms with van der Waals surface area (Å²) in [4.78, 5) is 4.04. The summed E-state index contributed by atoms with van der Waals surface area (Å²) in [6.45, 7) is 1.31. The van der Waals surface area contributed by atoms with E-state index in [1.165, 1.54) is 6.33 Å². The second kappa shape index (κ2) is 3.30. The summed E-state index contributed by atoms with van der Waals surface area (Å²) in [7, 11) is 1.77. The highest BCUT2D eigenvalue weighted by Crippen LogP contribution is 2.27. The predicted molar refractivity (Wildman–Crippen MR) is 50.4 cm³/mol. The maximum Gasteiger partial charge on any atom is 0.146 e. The molecule has 0 radical (unpaired) electrons. The summed E-state index contributed by atoms with van der Waals surface area (Å²) in [6, 6.07) is -0.481. The Hall–Kier alpha value is -0.980. The molecule has 1 aliphatic rings. The van der Waals surface area contributed by atoms with Crippen molar-refractivity contribution in [1.29, 1.82) is 0 Å². The van der Waals surface area contributed by atoms with Crippen LogP contribution in [0.5, 0.6) is 0 Å². The van der Waals surface area contributed by atoms with Crippen molar-refractivity contribution in [2.24, 2.45) is 12.8 Å². The quantitative estimate of drug-likeness (QED) is 0.539. The summed E-state index contributed by atoms with van der Waals surface area (Å²) >= 11 is 0. The topological polar surface area (TPSA) is 89.0 Å². The fourth-order valence-electron chi connectivity index (χ4n) is 1.79. The minimum absolute atomic E-state index is 0.481. The Labute approximate surface area is 82.1 Å². The molecule has 6 heteroatoms. The minimum atomic E-state index is -0.888. The summed E-state index contributed by atoms with van der Waals surface area (Å²) in [5, 5.41) is 17.2. The van der Waals surface area contributed by atoms with E-state index in [1.807, 2.05) is 0 Å². The Balaban J connectivity index is 2.23. The van der Waals surface area contributed by atoms with Gasteiger partial charge in [-0.3, -0.25) is 4.68 Å². The molecule has 1 fully saturated rings. The molecular formula is C8H15N5O. The van der Waals surface area contributed by atoms with E-state index < -0.39 is 11.6 Å². The van der Waals surface area contributed by atoms with Crippen LogP contribution in [0.3, 0.4) is 0 Å². The number of aryl methyl sites for hydroxylation is 1. The molecule has 2 unspecified atom stereocenters. The second-order valence-corrected chi connectivity index (χ2v) is 3.75. The normalized spacial score (nSPS) is 29.4. The fraction of sp³-hybridized carbons (Fsp3) is 0.750. The lowest BCUT2D eigenvalue weighted by molar-refractivity contribution is 0.0296. The van der Waals surface area contributed by atoms with Crippen LogP contribution in [0.15, 0.2) is 6.33 Å². The van der Waals surface area contributed by atoms with Crippen LogP contribution in [0.2, 0.25) is 0 Å². The van der Waals surface area contributed by atoms with Crippen LogP contribution in [-0.4, -0.2) is 38.6 Å². The summed E-state index contributed by atoms with van der Waals surface area (Å²) in [5.74, 6) is 0.621. The second-order valence-electron chi connectivity index (χ2n) is 3.75. The molecule has 78 valence electrons. The van der Waals surface area contributed by atoms with Gasteiger partial charge in [0.1, 0.15) is 17.8 Å². The summed E-state index contributed by atoms with van der Waals surface area (Å²) in [6.07, 6.45) is 2.10. The van der Waals surface area contributed by atoms with Gasteiger partial charge < -0.3 is 16.2 Å². The van der Waals surface area contributed by atoms with E-state index >= 15 is 0 Å². The standard InChI is InChI=1S/C8H15N5O/c1-13-7(11-5-12-13)6(9)8(14)2-3-10-4-8/h5-6,10,14H,2-4,9H2,1H3. The molecule has 0 saturated carbocycles. The monoisotopic (exact) mass is 197 g/mol. The molecule has 0 bridgehead atoms. The van der Waals surface area contributed by atoms with Crippen molar-refractivity contribution < 1.29 is 5.11 Å². The smallest absolute Gasteiger partial charge is 0.146 e. The molecule has 0 aromatic carbocycles. The Morgan fingerprint density at radius 2 is 2.57 bits per heavy atom. The van der Waals surface area contributed by atoms with Crippen molar-refractivity contribution in [1.82, 2.24) is 20.1 Å². The Morgan fingerprint density at radius 1 is 1.79 bits per heavy atom. The third kappa shape index (κ3) is 1.41. The number of hydrogen-bond acceptors (Lipinski definition) is 5. The molecule has 0 aliphatic carbocycles. The first kappa shape index (κ1) is 9.57.